The average Bonchev–Trinajstić information content (AvgIpc) is 2.26. The van der Waals surface area contributed by atoms with Crippen LogP contribution >= 0.6 is 0 Å². The molecule has 0 radical (unpaired) electrons. The number of nitrogens with one attached hydrogen (secondary N) is 1. The summed E-state index contributed by atoms with van der Waals surface area (Å²) in [4.78, 5) is 24.5. The molecule has 0 unspecified atom stereocenters. The molecule has 2 aliphatic rings. The molecule has 0 spiro atoms. The first kappa shape index (κ1) is 8.23. The van der Waals surface area contributed by atoms with E-state index in [0.717, 1.165) is 11.3 Å². The lowest BCUT2D eigenvalue weighted by molar-refractivity contribution is -0.116. The molecule has 74 valence electrons. The first-order valence-corrected chi connectivity index (χ1v) is 4.68. The second-order valence-electron chi connectivity index (χ2n) is 3.57. The van der Waals surface area contributed by atoms with Crippen LogP contribution in [-0.2, 0) is 4.79 Å². The summed E-state index contributed by atoms with van der Waals surface area (Å²) < 4.78 is 0. The van der Waals surface area contributed by atoms with Crippen LogP contribution < -0.4 is 10.2 Å². The Balaban J connectivity index is 2.23. The molecular formula is C11H8N2O2. The van der Waals surface area contributed by atoms with Crippen molar-refractivity contribution in [2.75, 3.05) is 11.4 Å². The largest absolute Gasteiger partial charge is 0.329 e. The Labute approximate surface area is 86.2 Å². The molecule has 15 heavy (non-hydrogen) atoms. The van der Waals surface area contributed by atoms with Gasteiger partial charge >= 0.3 is 6.03 Å². The van der Waals surface area contributed by atoms with Gasteiger partial charge in [-0.05, 0) is 17.7 Å². The van der Waals surface area contributed by atoms with E-state index in [0.29, 0.717) is 12.1 Å². The normalized spacial score (nSPS) is 18.1. The van der Waals surface area contributed by atoms with Gasteiger partial charge in [0.1, 0.15) is 0 Å². The number of fused-ring (bicyclic) bond motifs is 4. The van der Waals surface area contributed by atoms with E-state index in [1.165, 1.54) is 0 Å². The van der Waals surface area contributed by atoms with Crippen molar-refractivity contribution in [1.82, 2.24) is 5.32 Å². The highest BCUT2D eigenvalue weighted by molar-refractivity contribution is 6.17. The highest BCUT2D eigenvalue weighted by Gasteiger charge is 2.32. The van der Waals surface area contributed by atoms with Crippen LogP contribution in [0.15, 0.2) is 29.8 Å². The Bertz CT molecular complexity index is 505. The van der Waals surface area contributed by atoms with Crippen molar-refractivity contribution < 1.29 is 9.59 Å². The standard InChI is InChI=1S/C11H8N2O2/c14-10-8-5-7-3-1-2-4-9(7)13(6-8)11(15)12-10/h1-5H,6H2,(H,12,14,15). The van der Waals surface area contributed by atoms with Crippen LogP contribution in [0, 0.1) is 0 Å². The number of carbonyl (C=O) groups excluding carboxylic acids is 2. The molecular weight excluding hydrogens is 192 g/mol. The highest BCUT2D eigenvalue weighted by atomic mass is 16.2. The Morgan fingerprint density at radius 3 is 2.87 bits per heavy atom. The zero-order chi connectivity index (χ0) is 10.4. The van der Waals surface area contributed by atoms with E-state index in [9.17, 15) is 9.59 Å². The summed E-state index contributed by atoms with van der Waals surface area (Å²) in [5, 5.41) is 2.30. The van der Waals surface area contributed by atoms with Gasteiger partial charge in [0.05, 0.1) is 12.2 Å². The maximum atomic E-state index is 11.5. The van der Waals surface area contributed by atoms with Gasteiger partial charge in [0, 0.05) is 5.57 Å². The summed E-state index contributed by atoms with van der Waals surface area (Å²) in [6.07, 6.45) is 1.83. The number of hydrogen-bond donors (Lipinski definition) is 1. The zero-order valence-electron chi connectivity index (χ0n) is 7.86. The Hall–Kier alpha value is -2.10. The quantitative estimate of drug-likeness (QED) is 0.682. The lowest BCUT2D eigenvalue weighted by Gasteiger charge is -2.32. The number of carbonyl (C=O) groups is 2. The highest BCUT2D eigenvalue weighted by Crippen LogP contribution is 2.30. The van der Waals surface area contributed by atoms with Crippen LogP contribution in [0.25, 0.3) is 6.08 Å². The molecule has 3 rings (SSSR count). The molecule has 0 aromatic heterocycles. The Morgan fingerprint density at radius 1 is 1.20 bits per heavy atom. The van der Waals surface area contributed by atoms with Crippen molar-refractivity contribution in [2.45, 2.75) is 0 Å². The number of urea groups is 1. The Kier molecular flexibility index (Phi) is 1.48. The summed E-state index contributed by atoms with van der Waals surface area (Å²) in [7, 11) is 0. The van der Waals surface area contributed by atoms with Crippen LogP contribution in [0.4, 0.5) is 10.5 Å². The minimum Gasteiger partial charge on any atom is -0.289 e. The fourth-order valence-electron chi connectivity index (χ4n) is 1.91. The van der Waals surface area contributed by atoms with E-state index in [4.69, 9.17) is 0 Å². The van der Waals surface area contributed by atoms with Crippen LogP contribution in [0.2, 0.25) is 0 Å². The van der Waals surface area contributed by atoms with Crippen molar-refractivity contribution in [1.29, 1.82) is 0 Å². The van der Waals surface area contributed by atoms with Gasteiger partial charge in [-0.25, -0.2) is 4.79 Å². The van der Waals surface area contributed by atoms with E-state index >= 15 is 0 Å². The molecule has 2 aliphatic heterocycles. The smallest absolute Gasteiger partial charge is 0.289 e. The number of amides is 3. The number of para-hydroxylation sites is 1. The van der Waals surface area contributed by atoms with E-state index in [1.54, 1.807) is 4.90 Å². The molecule has 4 nitrogen and oxygen atoms in total. The van der Waals surface area contributed by atoms with Gasteiger partial charge in [-0.1, -0.05) is 18.2 Å². The van der Waals surface area contributed by atoms with Crippen molar-refractivity contribution >= 4 is 23.7 Å². The molecule has 2 bridgehead atoms. The fraction of sp³-hybridized carbons (Fsp3) is 0.0909. The number of nitrogens with zero attached hydrogens (tertiary/aromatic N) is 1. The summed E-state index contributed by atoms with van der Waals surface area (Å²) in [5.41, 5.74) is 2.40. The molecule has 0 saturated carbocycles. The molecule has 1 fully saturated rings. The first-order valence-electron chi connectivity index (χ1n) is 4.68. The lowest BCUT2D eigenvalue weighted by atomic mass is 10.0. The fourth-order valence-corrected chi connectivity index (χ4v) is 1.91. The van der Waals surface area contributed by atoms with Gasteiger partial charge in [0.25, 0.3) is 5.91 Å². The van der Waals surface area contributed by atoms with Gasteiger partial charge in [0.15, 0.2) is 0 Å². The van der Waals surface area contributed by atoms with E-state index in [1.807, 2.05) is 30.3 Å². The number of benzene rings is 1. The maximum Gasteiger partial charge on any atom is 0.329 e. The summed E-state index contributed by atoms with van der Waals surface area (Å²) in [6.45, 7) is 0.377. The average molecular weight is 200 g/mol. The van der Waals surface area contributed by atoms with Crippen molar-refractivity contribution in [3.63, 3.8) is 0 Å². The van der Waals surface area contributed by atoms with Crippen LogP contribution in [0.5, 0.6) is 0 Å². The number of hydrogen-bond acceptors (Lipinski definition) is 2. The van der Waals surface area contributed by atoms with Gasteiger partial charge in [-0.2, -0.15) is 0 Å². The predicted molar refractivity (Wildman–Crippen MR) is 55.3 cm³/mol. The van der Waals surface area contributed by atoms with Crippen LogP contribution in [0.3, 0.4) is 0 Å². The third-order valence-electron chi connectivity index (χ3n) is 2.64. The van der Waals surface area contributed by atoms with Gasteiger partial charge in [-0.15, -0.1) is 0 Å². The minimum absolute atomic E-state index is 0.286. The Morgan fingerprint density at radius 2 is 2.00 bits per heavy atom. The summed E-state index contributed by atoms with van der Waals surface area (Å²) in [6, 6.07) is 7.19. The van der Waals surface area contributed by atoms with Crippen LogP contribution in [-0.4, -0.2) is 18.5 Å². The molecule has 1 aromatic carbocycles. The van der Waals surface area contributed by atoms with E-state index < -0.39 is 0 Å². The maximum absolute atomic E-state index is 11.5. The van der Waals surface area contributed by atoms with Gasteiger partial charge < -0.3 is 0 Å². The second kappa shape index (κ2) is 2.70. The molecule has 3 amide bonds. The number of imide groups is 1. The van der Waals surface area contributed by atoms with Crippen LogP contribution in [0.1, 0.15) is 5.56 Å². The molecule has 1 saturated heterocycles. The van der Waals surface area contributed by atoms with E-state index in [2.05, 4.69) is 5.32 Å². The van der Waals surface area contributed by atoms with Crippen molar-refractivity contribution in [2.24, 2.45) is 0 Å². The molecule has 0 atom stereocenters. The second-order valence-corrected chi connectivity index (χ2v) is 3.57. The van der Waals surface area contributed by atoms with Crippen molar-refractivity contribution in [3.8, 4) is 0 Å². The molecule has 0 aliphatic carbocycles. The zero-order valence-corrected chi connectivity index (χ0v) is 7.86. The predicted octanol–water partition coefficient (Wildman–Crippen LogP) is 1.14. The van der Waals surface area contributed by atoms with Gasteiger partial charge in [0.2, 0.25) is 0 Å². The third-order valence-corrected chi connectivity index (χ3v) is 2.64. The SMILES string of the molecule is O=C1NC(=O)N2CC1=Cc1ccccc12. The molecule has 1 N–H and O–H groups in total. The monoisotopic (exact) mass is 200 g/mol. The molecule has 4 heteroatoms. The molecule has 1 aromatic rings. The van der Waals surface area contributed by atoms with Crippen molar-refractivity contribution in [3.05, 3.63) is 35.4 Å². The third kappa shape index (κ3) is 1.08. The topological polar surface area (TPSA) is 49.4 Å². The summed E-state index contributed by atoms with van der Waals surface area (Å²) in [5.74, 6) is -0.286. The first-order chi connectivity index (χ1) is 7.25. The number of rotatable bonds is 0. The van der Waals surface area contributed by atoms with E-state index in [-0.39, 0.29) is 11.9 Å². The lowest BCUT2D eigenvalue weighted by Crippen LogP contribution is -2.52. The van der Waals surface area contributed by atoms with Gasteiger partial charge in [-0.3, -0.25) is 15.0 Å². The minimum atomic E-state index is -0.343. The molecule has 2 heterocycles. The number of anilines is 1. The summed E-state index contributed by atoms with van der Waals surface area (Å²) >= 11 is 0.